The second-order valence-corrected chi connectivity index (χ2v) is 4.72. The summed E-state index contributed by atoms with van der Waals surface area (Å²) in [6.45, 7) is 3.85. The molecule has 1 aromatic carbocycles. The van der Waals surface area contributed by atoms with Gasteiger partial charge in [0.1, 0.15) is 5.82 Å². The van der Waals surface area contributed by atoms with E-state index in [1.165, 1.54) is 6.07 Å². The second kappa shape index (κ2) is 6.29. The Kier molecular flexibility index (Phi) is 5.00. The van der Waals surface area contributed by atoms with Crippen LogP contribution in [-0.4, -0.2) is 23.0 Å². The van der Waals surface area contributed by atoms with E-state index in [0.29, 0.717) is 6.42 Å². The highest BCUT2D eigenvalue weighted by Gasteiger charge is 2.18. The Morgan fingerprint density at radius 3 is 2.58 bits per heavy atom. The quantitative estimate of drug-likeness (QED) is 0.759. The molecule has 0 aliphatic heterocycles. The van der Waals surface area contributed by atoms with Gasteiger partial charge in [0, 0.05) is 0 Å². The van der Waals surface area contributed by atoms with Crippen molar-refractivity contribution in [1.29, 1.82) is 0 Å². The second-order valence-electron chi connectivity index (χ2n) is 4.72. The molecule has 0 saturated carbocycles. The number of rotatable bonds is 5. The third kappa shape index (κ3) is 4.33. The summed E-state index contributed by atoms with van der Waals surface area (Å²) in [5, 5.41) is 11.4. The fraction of sp³-hybridized carbons (Fsp3) is 0.385. The van der Waals surface area contributed by atoms with Crippen LogP contribution in [0.3, 0.4) is 0 Å². The van der Waals surface area contributed by atoms with Crippen LogP contribution in [-0.2, 0) is 4.79 Å². The molecule has 6 heteroatoms. The number of aromatic carboxylic acids is 1. The lowest BCUT2D eigenvalue weighted by molar-refractivity contribution is -0.117. The van der Waals surface area contributed by atoms with Crippen LogP contribution in [0.4, 0.5) is 10.1 Å². The molecule has 0 heterocycles. The molecular formula is C13H17FN2O3. The number of halogens is 1. The molecule has 0 unspecified atom stereocenters. The van der Waals surface area contributed by atoms with Crippen LogP contribution >= 0.6 is 0 Å². The standard InChI is InChI=1S/C13H17FN2O3/c1-7(2)5-10(15)12(17)16-11-4-3-8(14)6-9(11)13(18)19/h3-4,6-7,10H,5,15H2,1-2H3,(H,16,17)(H,18,19)/t10-/m0/s1. The fourth-order valence-corrected chi connectivity index (χ4v) is 1.64. The molecule has 0 aliphatic rings. The monoisotopic (exact) mass is 268 g/mol. The molecule has 1 rings (SSSR count). The largest absolute Gasteiger partial charge is 0.478 e. The average molecular weight is 268 g/mol. The van der Waals surface area contributed by atoms with Crippen LogP contribution < -0.4 is 11.1 Å². The number of benzene rings is 1. The number of carbonyl (C=O) groups is 2. The van der Waals surface area contributed by atoms with Crippen LogP contribution in [0.2, 0.25) is 0 Å². The third-order valence-electron chi connectivity index (χ3n) is 2.53. The maximum atomic E-state index is 13.0. The first-order valence-corrected chi connectivity index (χ1v) is 5.90. The zero-order valence-corrected chi connectivity index (χ0v) is 10.8. The topological polar surface area (TPSA) is 92.4 Å². The number of anilines is 1. The highest BCUT2D eigenvalue weighted by molar-refractivity contribution is 6.02. The smallest absolute Gasteiger partial charge is 0.337 e. The van der Waals surface area contributed by atoms with Crippen molar-refractivity contribution < 1.29 is 19.1 Å². The summed E-state index contributed by atoms with van der Waals surface area (Å²) in [7, 11) is 0. The lowest BCUT2D eigenvalue weighted by atomic mass is 10.0. The zero-order valence-electron chi connectivity index (χ0n) is 10.8. The van der Waals surface area contributed by atoms with E-state index >= 15 is 0 Å². The number of carboxylic acid groups (broad SMARTS) is 1. The summed E-state index contributed by atoms with van der Waals surface area (Å²) < 4.78 is 13.0. The summed E-state index contributed by atoms with van der Waals surface area (Å²) in [4.78, 5) is 22.7. The van der Waals surface area contributed by atoms with Crippen LogP contribution in [0.15, 0.2) is 18.2 Å². The molecule has 0 aromatic heterocycles. The van der Waals surface area contributed by atoms with Gasteiger partial charge in [-0.2, -0.15) is 0 Å². The minimum Gasteiger partial charge on any atom is -0.478 e. The van der Waals surface area contributed by atoms with Gasteiger partial charge in [0.2, 0.25) is 5.91 Å². The highest BCUT2D eigenvalue weighted by atomic mass is 19.1. The van der Waals surface area contributed by atoms with Gasteiger partial charge in [0.05, 0.1) is 17.3 Å². The van der Waals surface area contributed by atoms with Crippen molar-refractivity contribution >= 4 is 17.6 Å². The van der Waals surface area contributed by atoms with Crippen LogP contribution in [0, 0.1) is 11.7 Å². The van der Waals surface area contributed by atoms with Gasteiger partial charge in [0.15, 0.2) is 0 Å². The van der Waals surface area contributed by atoms with Gasteiger partial charge in [-0.15, -0.1) is 0 Å². The van der Waals surface area contributed by atoms with Gasteiger partial charge >= 0.3 is 5.97 Å². The van der Waals surface area contributed by atoms with Gasteiger partial charge in [-0.1, -0.05) is 13.8 Å². The summed E-state index contributed by atoms with van der Waals surface area (Å²) in [6, 6.07) is 2.41. The van der Waals surface area contributed by atoms with Crippen molar-refractivity contribution in [2.24, 2.45) is 11.7 Å². The maximum absolute atomic E-state index is 13.0. The molecule has 0 fully saturated rings. The Bertz CT molecular complexity index is 489. The number of hydrogen-bond acceptors (Lipinski definition) is 3. The van der Waals surface area contributed by atoms with Crippen molar-refractivity contribution in [2.45, 2.75) is 26.3 Å². The van der Waals surface area contributed by atoms with E-state index in [0.717, 1.165) is 12.1 Å². The summed E-state index contributed by atoms with van der Waals surface area (Å²) in [5.41, 5.74) is 5.43. The minimum absolute atomic E-state index is 0.0399. The summed E-state index contributed by atoms with van der Waals surface area (Å²) in [6.07, 6.45) is 0.482. The van der Waals surface area contributed by atoms with Crippen LogP contribution in [0.5, 0.6) is 0 Å². The molecule has 0 spiro atoms. The lowest BCUT2D eigenvalue weighted by Gasteiger charge is -2.15. The van der Waals surface area contributed by atoms with Gasteiger partial charge in [-0.05, 0) is 30.5 Å². The van der Waals surface area contributed by atoms with E-state index in [4.69, 9.17) is 10.8 Å². The molecular weight excluding hydrogens is 251 g/mol. The van der Waals surface area contributed by atoms with E-state index in [1.807, 2.05) is 13.8 Å². The van der Waals surface area contributed by atoms with E-state index in [2.05, 4.69) is 5.32 Å². The van der Waals surface area contributed by atoms with Crippen molar-refractivity contribution in [3.05, 3.63) is 29.6 Å². The fourth-order valence-electron chi connectivity index (χ4n) is 1.64. The van der Waals surface area contributed by atoms with Crippen molar-refractivity contribution in [2.75, 3.05) is 5.32 Å². The SMILES string of the molecule is CC(C)C[C@H](N)C(=O)Nc1ccc(F)cc1C(=O)O. The molecule has 19 heavy (non-hydrogen) atoms. The summed E-state index contributed by atoms with van der Waals surface area (Å²) >= 11 is 0. The van der Waals surface area contributed by atoms with E-state index < -0.39 is 23.7 Å². The van der Waals surface area contributed by atoms with Gasteiger partial charge < -0.3 is 16.2 Å². The maximum Gasteiger partial charge on any atom is 0.337 e. The molecule has 4 N–H and O–H groups in total. The highest BCUT2D eigenvalue weighted by Crippen LogP contribution is 2.17. The molecule has 1 amide bonds. The predicted octanol–water partition coefficient (Wildman–Crippen LogP) is 1.84. The normalized spacial score (nSPS) is 12.3. The van der Waals surface area contributed by atoms with Crippen LogP contribution in [0.25, 0.3) is 0 Å². The average Bonchev–Trinajstić information content (AvgIpc) is 2.30. The number of hydrogen-bond donors (Lipinski definition) is 3. The van der Waals surface area contributed by atoms with Gasteiger partial charge in [-0.25, -0.2) is 9.18 Å². The Balaban J connectivity index is 2.87. The number of nitrogens with two attached hydrogens (primary N) is 1. The molecule has 0 aliphatic carbocycles. The Morgan fingerprint density at radius 1 is 1.42 bits per heavy atom. The molecule has 0 saturated heterocycles. The summed E-state index contributed by atoms with van der Waals surface area (Å²) in [5.74, 6) is -2.23. The van der Waals surface area contributed by atoms with Crippen molar-refractivity contribution in [3.8, 4) is 0 Å². The van der Waals surface area contributed by atoms with Crippen molar-refractivity contribution in [3.63, 3.8) is 0 Å². The first-order valence-electron chi connectivity index (χ1n) is 5.90. The molecule has 0 radical (unpaired) electrons. The first kappa shape index (κ1) is 15.1. The Morgan fingerprint density at radius 2 is 2.05 bits per heavy atom. The number of nitrogens with one attached hydrogen (secondary N) is 1. The Labute approximate surface area is 110 Å². The van der Waals surface area contributed by atoms with Crippen LogP contribution in [0.1, 0.15) is 30.6 Å². The third-order valence-corrected chi connectivity index (χ3v) is 2.53. The molecule has 104 valence electrons. The van der Waals surface area contributed by atoms with Gasteiger partial charge in [-0.3, -0.25) is 4.79 Å². The molecule has 1 atom stereocenters. The Hall–Kier alpha value is -1.95. The number of carbonyl (C=O) groups excluding carboxylic acids is 1. The van der Waals surface area contributed by atoms with Gasteiger partial charge in [0.25, 0.3) is 0 Å². The molecule has 0 bridgehead atoms. The number of carboxylic acids is 1. The zero-order chi connectivity index (χ0) is 14.6. The lowest BCUT2D eigenvalue weighted by Crippen LogP contribution is -2.37. The predicted molar refractivity (Wildman–Crippen MR) is 69.4 cm³/mol. The van der Waals surface area contributed by atoms with E-state index in [1.54, 1.807) is 0 Å². The van der Waals surface area contributed by atoms with E-state index in [-0.39, 0.29) is 17.2 Å². The van der Waals surface area contributed by atoms with Crippen molar-refractivity contribution in [1.82, 2.24) is 0 Å². The molecule has 1 aromatic rings. The van der Waals surface area contributed by atoms with E-state index in [9.17, 15) is 14.0 Å². The number of amides is 1. The molecule has 5 nitrogen and oxygen atoms in total. The minimum atomic E-state index is -1.31. The first-order chi connectivity index (χ1) is 8.81.